The van der Waals surface area contributed by atoms with Crippen molar-refractivity contribution in [3.05, 3.63) is 28.8 Å². The Kier molecular flexibility index (Phi) is 5.07. The average molecular weight is 317 g/mol. The van der Waals surface area contributed by atoms with Crippen LogP contribution in [0.4, 0.5) is 0 Å². The zero-order chi connectivity index (χ0) is 14.8. The molecule has 2 rings (SSSR count). The minimum atomic E-state index is -3.42. The Labute approximate surface area is 126 Å². The lowest BCUT2D eigenvalue weighted by Crippen LogP contribution is -2.38. The van der Waals surface area contributed by atoms with Gasteiger partial charge in [0.15, 0.2) is 0 Å². The van der Waals surface area contributed by atoms with Crippen molar-refractivity contribution in [2.75, 3.05) is 13.1 Å². The van der Waals surface area contributed by atoms with E-state index in [1.165, 1.54) is 0 Å². The van der Waals surface area contributed by atoms with Crippen molar-refractivity contribution in [1.82, 2.24) is 4.31 Å². The summed E-state index contributed by atoms with van der Waals surface area (Å²) in [6, 6.07) is 4.75. The molecule has 0 aromatic heterocycles. The molecule has 0 spiro atoms. The molecule has 20 heavy (non-hydrogen) atoms. The van der Waals surface area contributed by atoms with Gasteiger partial charge in [-0.2, -0.15) is 4.31 Å². The van der Waals surface area contributed by atoms with E-state index < -0.39 is 10.0 Å². The number of benzene rings is 1. The van der Waals surface area contributed by atoms with Gasteiger partial charge in [0.1, 0.15) is 0 Å². The van der Waals surface area contributed by atoms with E-state index in [-0.39, 0.29) is 11.4 Å². The molecular formula is C14H21ClN2O2S. The van der Waals surface area contributed by atoms with Crippen molar-refractivity contribution in [3.8, 4) is 0 Å². The highest BCUT2D eigenvalue weighted by Gasteiger charge is 2.29. The number of nitrogens with two attached hydrogens (primary N) is 1. The molecule has 0 saturated carbocycles. The summed E-state index contributed by atoms with van der Waals surface area (Å²) in [7, 11) is -3.42. The Bertz CT molecular complexity index is 567. The van der Waals surface area contributed by atoms with Gasteiger partial charge in [-0.1, -0.05) is 24.9 Å². The third-order valence-corrected chi connectivity index (χ3v) is 6.29. The normalized spacial score (nSPS) is 18.4. The first-order valence-corrected chi connectivity index (χ1v) is 8.79. The van der Waals surface area contributed by atoms with E-state index in [1.54, 1.807) is 22.5 Å². The van der Waals surface area contributed by atoms with Crippen molar-refractivity contribution >= 4 is 21.6 Å². The van der Waals surface area contributed by atoms with Crippen molar-refractivity contribution in [3.63, 3.8) is 0 Å². The summed E-state index contributed by atoms with van der Waals surface area (Å²) in [5.74, 6) is 0.645. The van der Waals surface area contributed by atoms with Crippen molar-refractivity contribution < 1.29 is 8.42 Å². The van der Waals surface area contributed by atoms with Crippen LogP contribution in [-0.2, 0) is 16.6 Å². The number of halogens is 1. The van der Waals surface area contributed by atoms with Crippen LogP contribution in [-0.4, -0.2) is 25.8 Å². The number of piperidine rings is 1. The molecule has 112 valence electrons. The number of hydrogen-bond donors (Lipinski definition) is 1. The second-order valence-corrected chi connectivity index (χ2v) is 7.56. The molecule has 6 heteroatoms. The van der Waals surface area contributed by atoms with Gasteiger partial charge in [0.05, 0.1) is 4.90 Å². The Morgan fingerprint density at radius 2 is 2.00 bits per heavy atom. The predicted molar refractivity (Wildman–Crippen MR) is 81.1 cm³/mol. The summed E-state index contributed by atoms with van der Waals surface area (Å²) in [6.45, 7) is 3.59. The van der Waals surface area contributed by atoms with Crippen molar-refractivity contribution in [2.24, 2.45) is 11.7 Å². The average Bonchev–Trinajstić information content (AvgIpc) is 2.47. The Balaban J connectivity index is 2.22. The molecule has 0 bridgehead atoms. The molecule has 0 unspecified atom stereocenters. The number of hydrogen-bond acceptors (Lipinski definition) is 3. The monoisotopic (exact) mass is 316 g/mol. The molecule has 0 atom stereocenters. The van der Waals surface area contributed by atoms with Gasteiger partial charge in [0, 0.05) is 24.7 Å². The van der Waals surface area contributed by atoms with Crippen LogP contribution in [0.25, 0.3) is 0 Å². The fraction of sp³-hybridized carbons (Fsp3) is 0.571. The number of nitrogens with zero attached hydrogens (tertiary/aromatic N) is 1. The first-order chi connectivity index (χ1) is 9.48. The fourth-order valence-electron chi connectivity index (χ4n) is 2.57. The predicted octanol–water partition coefficient (Wildman–Crippen LogP) is 2.61. The van der Waals surface area contributed by atoms with Crippen LogP contribution in [0.1, 0.15) is 31.7 Å². The summed E-state index contributed by atoms with van der Waals surface area (Å²) in [6.07, 6.45) is 2.99. The van der Waals surface area contributed by atoms with E-state index in [9.17, 15) is 8.42 Å². The standard InChI is InChI=1S/C14H21ClN2O2S/c1-2-11-5-7-17(8-6-11)20(18,19)13-3-4-14(15)12(9-13)10-16/h3-4,9,11H,2,5-8,10,16H2,1H3. The number of rotatable bonds is 4. The Hall–Kier alpha value is -0.620. The molecule has 0 amide bonds. The van der Waals surface area contributed by atoms with Gasteiger partial charge >= 0.3 is 0 Å². The maximum atomic E-state index is 12.6. The summed E-state index contributed by atoms with van der Waals surface area (Å²) < 4.78 is 26.8. The molecule has 0 radical (unpaired) electrons. The maximum absolute atomic E-state index is 12.6. The Morgan fingerprint density at radius 3 is 2.55 bits per heavy atom. The lowest BCUT2D eigenvalue weighted by Gasteiger charge is -2.30. The molecule has 2 N–H and O–H groups in total. The molecular weight excluding hydrogens is 296 g/mol. The molecule has 1 aromatic carbocycles. The van der Waals surface area contributed by atoms with E-state index in [0.717, 1.165) is 19.3 Å². The quantitative estimate of drug-likeness (QED) is 0.928. The van der Waals surface area contributed by atoms with E-state index >= 15 is 0 Å². The minimum absolute atomic E-state index is 0.236. The summed E-state index contributed by atoms with van der Waals surface area (Å²) in [5, 5.41) is 0.510. The molecule has 0 aliphatic carbocycles. The topological polar surface area (TPSA) is 63.4 Å². The van der Waals surface area contributed by atoms with Crippen LogP contribution in [0.2, 0.25) is 5.02 Å². The SMILES string of the molecule is CCC1CCN(S(=O)(=O)c2ccc(Cl)c(CN)c2)CC1. The fourth-order valence-corrected chi connectivity index (χ4v) is 4.29. The van der Waals surface area contributed by atoms with E-state index in [4.69, 9.17) is 17.3 Å². The summed E-state index contributed by atoms with van der Waals surface area (Å²) in [4.78, 5) is 0.289. The van der Waals surface area contributed by atoms with Crippen LogP contribution >= 0.6 is 11.6 Å². The Morgan fingerprint density at radius 1 is 1.35 bits per heavy atom. The van der Waals surface area contributed by atoms with Gasteiger partial charge in [-0.15, -0.1) is 0 Å². The third kappa shape index (κ3) is 3.17. The smallest absolute Gasteiger partial charge is 0.243 e. The maximum Gasteiger partial charge on any atom is 0.243 e. The van der Waals surface area contributed by atoms with Gasteiger partial charge in [-0.3, -0.25) is 0 Å². The van der Waals surface area contributed by atoms with Crippen molar-refractivity contribution in [1.29, 1.82) is 0 Å². The molecule has 1 fully saturated rings. The molecule has 4 nitrogen and oxygen atoms in total. The zero-order valence-corrected chi connectivity index (χ0v) is 13.3. The van der Waals surface area contributed by atoms with Crippen LogP contribution < -0.4 is 5.73 Å². The van der Waals surface area contributed by atoms with Crippen LogP contribution in [0.3, 0.4) is 0 Å². The first kappa shape index (κ1) is 15.8. The summed E-state index contributed by atoms with van der Waals surface area (Å²) >= 11 is 5.98. The van der Waals surface area contributed by atoms with Crippen molar-refractivity contribution in [2.45, 2.75) is 37.6 Å². The molecule has 1 heterocycles. The molecule has 1 saturated heterocycles. The highest BCUT2D eigenvalue weighted by atomic mass is 35.5. The van der Waals surface area contributed by atoms with Gasteiger partial charge < -0.3 is 5.73 Å². The second-order valence-electron chi connectivity index (χ2n) is 5.21. The first-order valence-electron chi connectivity index (χ1n) is 6.97. The van der Waals surface area contributed by atoms with Gasteiger partial charge in [0.2, 0.25) is 10.0 Å². The third-order valence-electron chi connectivity index (χ3n) is 4.03. The highest BCUT2D eigenvalue weighted by molar-refractivity contribution is 7.89. The van der Waals surface area contributed by atoms with E-state index in [2.05, 4.69) is 6.92 Å². The second kappa shape index (κ2) is 6.43. The summed E-state index contributed by atoms with van der Waals surface area (Å²) in [5.41, 5.74) is 6.25. The minimum Gasteiger partial charge on any atom is -0.326 e. The lowest BCUT2D eigenvalue weighted by molar-refractivity contribution is 0.269. The van der Waals surface area contributed by atoms with E-state index in [1.807, 2.05) is 0 Å². The van der Waals surface area contributed by atoms with Gasteiger partial charge in [-0.25, -0.2) is 8.42 Å². The highest BCUT2D eigenvalue weighted by Crippen LogP contribution is 2.27. The van der Waals surface area contributed by atoms with Gasteiger partial charge in [0.25, 0.3) is 0 Å². The lowest BCUT2D eigenvalue weighted by atomic mass is 9.96. The van der Waals surface area contributed by atoms with E-state index in [0.29, 0.717) is 29.6 Å². The van der Waals surface area contributed by atoms with Crippen LogP contribution in [0.5, 0.6) is 0 Å². The van der Waals surface area contributed by atoms with Gasteiger partial charge in [-0.05, 0) is 42.5 Å². The molecule has 1 aliphatic rings. The van der Waals surface area contributed by atoms with Crippen LogP contribution in [0.15, 0.2) is 23.1 Å². The molecule has 1 aliphatic heterocycles. The van der Waals surface area contributed by atoms with Crippen LogP contribution in [0, 0.1) is 5.92 Å². The number of sulfonamides is 1. The molecule has 1 aromatic rings. The largest absolute Gasteiger partial charge is 0.326 e. The zero-order valence-electron chi connectivity index (χ0n) is 11.7.